The number of aromatic nitrogens is 3. The van der Waals surface area contributed by atoms with Gasteiger partial charge in [0, 0.05) is 31.4 Å². The number of rotatable bonds is 1. The van der Waals surface area contributed by atoms with Gasteiger partial charge in [-0.05, 0) is 13.8 Å². The van der Waals surface area contributed by atoms with Gasteiger partial charge in [0.25, 0.3) is 0 Å². The lowest BCUT2D eigenvalue weighted by atomic mass is 10.1. The molecule has 0 saturated carbocycles. The molecule has 2 atom stereocenters. The lowest BCUT2D eigenvalue weighted by Gasteiger charge is -2.38. The molecule has 0 radical (unpaired) electrons. The van der Waals surface area contributed by atoms with Gasteiger partial charge in [-0.3, -0.25) is 0 Å². The summed E-state index contributed by atoms with van der Waals surface area (Å²) >= 11 is 5.71. The summed E-state index contributed by atoms with van der Waals surface area (Å²) < 4.78 is 14.0. The predicted molar refractivity (Wildman–Crippen MR) is 76.6 cm³/mol. The van der Waals surface area contributed by atoms with Gasteiger partial charge in [0.1, 0.15) is 17.7 Å². The van der Waals surface area contributed by atoms with Crippen molar-refractivity contribution in [3.8, 4) is 0 Å². The third-order valence-corrected chi connectivity index (χ3v) is 3.86. The van der Waals surface area contributed by atoms with E-state index in [1.54, 1.807) is 0 Å². The highest BCUT2D eigenvalue weighted by molar-refractivity contribution is 6.30. The van der Waals surface area contributed by atoms with Crippen LogP contribution in [0.5, 0.6) is 0 Å². The Kier molecular flexibility index (Phi) is 3.43. The van der Waals surface area contributed by atoms with Crippen LogP contribution in [0.2, 0.25) is 5.15 Å². The van der Waals surface area contributed by atoms with E-state index in [9.17, 15) is 4.39 Å². The minimum atomic E-state index is -0.594. The molecule has 20 heavy (non-hydrogen) atoms. The zero-order valence-electron chi connectivity index (χ0n) is 11.3. The van der Waals surface area contributed by atoms with E-state index in [1.165, 1.54) is 12.5 Å². The average molecular weight is 296 g/mol. The largest absolute Gasteiger partial charge is 0.350 e. The number of fused-ring (bicyclic) bond motifs is 1. The molecule has 7 heteroatoms. The fourth-order valence-corrected chi connectivity index (χ4v) is 2.64. The van der Waals surface area contributed by atoms with Gasteiger partial charge in [-0.2, -0.15) is 0 Å². The first-order valence-corrected chi connectivity index (χ1v) is 6.90. The third kappa shape index (κ3) is 2.19. The van der Waals surface area contributed by atoms with E-state index in [2.05, 4.69) is 39.0 Å². The number of hydrogen-bond acceptors (Lipinski definition) is 5. The van der Waals surface area contributed by atoms with Gasteiger partial charge in [-0.25, -0.2) is 19.3 Å². The molecular weight excluding hydrogens is 281 g/mol. The molecule has 0 amide bonds. The maximum absolute atomic E-state index is 14.0. The van der Waals surface area contributed by atoms with Crippen molar-refractivity contribution in [3.63, 3.8) is 0 Å². The fourth-order valence-electron chi connectivity index (χ4n) is 2.50. The number of nitrogens with one attached hydrogen (secondary N) is 1. The van der Waals surface area contributed by atoms with Crippen molar-refractivity contribution in [3.05, 3.63) is 23.5 Å². The number of halogens is 2. The summed E-state index contributed by atoms with van der Waals surface area (Å²) in [5, 5.41) is 3.83. The first-order valence-electron chi connectivity index (χ1n) is 6.52. The highest BCUT2D eigenvalue weighted by atomic mass is 35.5. The van der Waals surface area contributed by atoms with Crippen molar-refractivity contribution in [2.45, 2.75) is 25.9 Å². The van der Waals surface area contributed by atoms with E-state index >= 15 is 0 Å². The molecule has 5 nitrogen and oxygen atoms in total. The molecule has 0 bridgehead atoms. The summed E-state index contributed by atoms with van der Waals surface area (Å²) in [6.07, 6.45) is 2.91. The van der Waals surface area contributed by atoms with Crippen molar-refractivity contribution in [2.75, 3.05) is 18.0 Å². The fraction of sp³-hybridized carbons (Fsp3) is 0.462. The first kappa shape index (κ1) is 13.5. The molecule has 1 fully saturated rings. The highest BCUT2D eigenvalue weighted by Crippen LogP contribution is 2.28. The van der Waals surface area contributed by atoms with E-state index in [-0.39, 0.29) is 16.7 Å². The number of nitrogens with zero attached hydrogens (tertiary/aromatic N) is 4. The van der Waals surface area contributed by atoms with E-state index in [0.29, 0.717) is 17.2 Å². The summed E-state index contributed by atoms with van der Waals surface area (Å²) in [5.41, 5.74) is 0.216. The molecule has 1 aliphatic heterocycles. The van der Waals surface area contributed by atoms with E-state index in [0.717, 1.165) is 13.1 Å². The Morgan fingerprint density at radius 3 is 2.95 bits per heavy atom. The topological polar surface area (TPSA) is 53.9 Å². The number of piperazine rings is 1. The molecule has 1 aliphatic rings. The maximum Gasteiger partial charge on any atom is 0.186 e. The molecule has 1 N–H and O–H groups in total. The first-order chi connectivity index (χ1) is 9.58. The standard InChI is InChI=1S/C13H15ClFN5/c1-7-5-20(8(2)3-16-7)13-9-4-17-12(14)10(15)11(9)18-6-19-13/h4,6-8,16H,3,5H2,1-2H3/t7-,8+/m1/s1. The normalized spacial score (nSPS) is 23.3. The zero-order valence-corrected chi connectivity index (χ0v) is 12.0. The zero-order chi connectivity index (χ0) is 14.3. The Morgan fingerprint density at radius 2 is 2.15 bits per heavy atom. The molecule has 2 aromatic heterocycles. The van der Waals surface area contributed by atoms with Gasteiger partial charge in [0.05, 0.1) is 5.39 Å². The number of pyridine rings is 1. The predicted octanol–water partition coefficient (Wildman–Crippen LogP) is 2.00. The quantitative estimate of drug-likeness (QED) is 0.816. The van der Waals surface area contributed by atoms with Gasteiger partial charge in [-0.1, -0.05) is 11.6 Å². The van der Waals surface area contributed by atoms with E-state index < -0.39 is 5.82 Å². The van der Waals surface area contributed by atoms with Crippen molar-refractivity contribution >= 4 is 28.3 Å². The van der Waals surface area contributed by atoms with Crippen molar-refractivity contribution < 1.29 is 4.39 Å². The summed E-state index contributed by atoms with van der Waals surface area (Å²) in [6.45, 7) is 5.87. The van der Waals surface area contributed by atoms with Crippen molar-refractivity contribution in [2.24, 2.45) is 0 Å². The summed E-state index contributed by atoms with van der Waals surface area (Å²) in [4.78, 5) is 14.3. The van der Waals surface area contributed by atoms with Crippen LogP contribution in [-0.2, 0) is 0 Å². The van der Waals surface area contributed by atoms with Gasteiger partial charge in [0.2, 0.25) is 0 Å². The molecule has 3 heterocycles. The monoisotopic (exact) mass is 295 g/mol. The Hall–Kier alpha value is -1.53. The SMILES string of the molecule is C[C@@H]1CN(c2ncnc3c(F)c(Cl)ncc23)[C@@H](C)CN1. The molecule has 0 aliphatic carbocycles. The van der Waals surface area contributed by atoms with Crippen LogP contribution >= 0.6 is 11.6 Å². The van der Waals surface area contributed by atoms with Crippen molar-refractivity contribution in [1.29, 1.82) is 0 Å². The smallest absolute Gasteiger partial charge is 0.186 e. The molecule has 0 aromatic carbocycles. The van der Waals surface area contributed by atoms with Crippen LogP contribution < -0.4 is 10.2 Å². The van der Waals surface area contributed by atoms with Crippen LogP contribution in [0.25, 0.3) is 10.9 Å². The Labute approximate surface area is 121 Å². The molecule has 2 aromatic rings. The molecule has 0 unspecified atom stereocenters. The van der Waals surface area contributed by atoms with Crippen LogP contribution in [-0.4, -0.2) is 40.1 Å². The molecule has 0 spiro atoms. The summed E-state index contributed by atoms with van der Waals surface area (Å²) in [7, 11) is 0. The van der Waals surface area contributed by atoms with Gasteiger partial charge in [0.15, 0.2) is 11.0 Å². The molecular formula is C13H15ClFN5. The van der Waals surface area contributed by atoms with Crippen LogP contribution in [0.3, 0.4) is 0 Å². The number of anilines is 1. The van der Waals surface area contributed by atoms with Crippen LogP contribution in [0.15, 0.2) is 12.5 Å². The second-order valence-electron chi connectivity index (χ2n) is 5.13. The lowest BCUT2D eigenvalue weighted by Crippen LogP contribution is -2.54. The van der Waals surface area contributed by atoms with E-state index in [1.807, 2.05) is 0 Å². The third-order valence-electron chi connectivity index (χ3n) is 3.60. The van der Waals surface area contributed by atoms with Gasteiger partial charge < -0.3 is 10.2 Å². The van der Waals surface area contributed by atoms with E-state index in [4.69, 9.17) is 11.6 Å². The minimum Gasteiger partial charge on any atom is -0.350 e. The van der Waals surface area contributed by atoms with Crippen LogP contribution in [0, 0.1) is 5.82 Å². The molecule has 3 rings (SSSR count). The number of hydrogen-bond donors (Lipinski definition) is 1. The summed E-state index contributed by atoms with van der Waals surface area (Å²) in [5.74, 6) is 0.113. The van der Waals surface area contributed by atoms with Crippen LogP contribution in [0.4, 0.5) is 10.2 Å². The Balaban J connectivity index is 2.14. The average Bonchev–Trinajstić information content (AvgIpc) is 2.45. The van der Waals surface area contributed by atoms with Crippen molar-refractivity contribution in [1.82, 2.24) is 20.3 Å². The second-order valence-corrected chi connectivity index (χ2v) is 5.49. The minimum absolute atomic E-state index is 0.163. The highest BCUT2D eigenvalue weighted by Gasteiger charge is 2.26. The Morgan fingerprint density at radius 1 is 1.35 bits per heavy atom. The Bertz CT molecular complexity index is 650. The van der Waals surface area contributed by atoms with Gasteiger partial charge in [-0.15, -0.1) is 0 Å². The maximum atomic E-state index is 14.0. The second kappa shape index (κ2) is 5.10. The van der Waals surface area contributed by atoms with Gasteiger partial charge >= 0.3 is 0 Å². The molecule has 1 saturated heterocycles. The van der Waals surface area contributed by atoms with Crippen LogP contribution in [0.1, 0.15) is 13.8 Å². The summed E-state index contributed by atoms with van der Waals surface area (Å²) in [6, 6.07) is 0.615. The molecule has 106 valence electrons. The lowest BCUT2D eigenvalue weighted by molar-refractivity contribution is 0.423.